The molecule has 0 unspecified atom stereocenters. The van der Waals surface area contributed by atoms with Gasteiger partial charge < -0.3 is 5.32 Å². The van der Waals surface area contributed by atoms with E-state index in [1.807, 2.05) is 6.92 Å². The maximum absolute atomic E-state index is 11.9. The molecule has 6 nitrogen and oxygen atoms in total. The minimum atomic E-state index is -0.433. The van der Waals surface area contributed by atoms with Crippen LogP contribution in [0.1, 0.15) is 23.1 Å². The average molecular weight is 331 g/mol. The van der Waals surface area contributed by atoms with Crippen LogP contribution in [0.4, 0.5) is 5.82 Å². The number of carbonyl (C=O) groups excluding carboxylic acids is 1. The zero-order valence-corrected chi connectivity index (χ0v) is 11.7. The van der Waals surface area contributed by atoms with Crippen LogP contribution in [0.5, 0.6) is 0 Å². The normalized spacial score (nSPS) is 10.4. The van der Waals surface area contributed by atoms with E-state index in [0.29, 0.717) is 5.82 Å². The highest BCUT2D eigenvalue weighted by Crippen LogP contribution is 2.24. The number of nitrogens with one attached hydrogen (secondary N) is 2. The summed E-state index contributed by atoms with van der Waals surface area (Å²) in [5.74, 6) is -0.0243. The van der Waals surface area contributed by atoms with Gasteiger partial charge in [0, 0.05) is 6.20 Å². The second kappa shape index (κ2) is 5.45. The minimum absolute atomic E-state index is 0.111. The van der Waals surface area contributed by atoms with Crippen molar-refractivity contribution >= 4 is 39.3 Å². The molecular weight excluding hydrogens is 322 g/mol. The fraction of sp³-hybridized carbons (Fsp3) is 0.200. The number of rotatable bonds is 3. The maximum Gasteiger partial charge on any atom is 0.277 e. The highest BCUT2D eigenvalue weighted by Gasteiger charge is 2.16. The van der Waals surface area contributed by atoms with Crippen molar-refractivity contribution < 1.29 is 4.79 Å². The molecule has 0 fully saturated rings. The quantitative estimate of drug-likeness (QED) is 0.905. The maximum atomic E-state index is 11.9. The van der Waals surface area contributed by atoms with Crippen molar-refractivity contribution in [2.75, 3.05) is 5.32 Å². The van der Waals surface area contributed by atoms with Crippen molar-refractivity contribution in [1.82, 2.24) is 20.2 Å². The second-order valence-corrected chi connectivity index (χ2v) is 4.59. The predicted octanol–water partition coefficient (Wildman–Crippen LogP) is 2.43. The smallest absolute Gasteiger partial charge is 0.277 e. The van der Waals surface area contributed by atoms with Crippen molar-refractivity contribution in [3.05, 3.63) is 33.4 Å². The lowest BCUT2D eigenvalue weighted by Crippen LogP contribution is -2.15. The number of nitrogens with zero attached hydrogens (tertiary/aromatic N) is 3. The molecule has 94 valence electrons. The molecule has 0 radical (unpaired) electrons. The molecule has 18 heavy (non-hydrogen) atoms. The van der Waals surface area contributed by atoms with E-state index in [1.54, 1.807) is 0 Å². The van der Waals surface area contributed by atoms with Gasteiger partial charge in [-0.15, -0.1) is 0 Å². The molecule has 2 aromatic heterocycles. The van der Waals surface area contributed by atoms with E-state index < -0.39 is 5.91 Å². The molecular formula is C10H9BrClN5O. The summed E-state index contributed by atoms with van der Waals surface area (Å²) in [5.41, 5.74) is 1.01. The molecule has 0 aliphatic carbocycles. The van der Waals surface area contributed by atoms with Crippen LogP contribution in [0.3, 0.4) is 0 Å². The third-order valence-corrected chi connectivity index (χ3v) is 3.37. The van der Waals surface area contributed by atoms with Crippen LogP contribution in [-0.2, 0) is 6.42 Å². The highest BCUT2D eigenvalue weighted by molar-refractivity contribution is 9.10. The zero-order chi connectivity index (χ0) is 13.1. The molecule has 8 heteroatoms. The summed E-state index contributed by atoms with van der Waals surface area (Å²) in [7, 11) is 0. The summed E-state index contributed by atoms with van der Waals surface area (Å²) in [4.78, 5) is 19.5. The monoisotopic (exact) mass is 329 g/mol. The summed E-state index contributed by atoms with van der Waals surface area (Å²) in [6, 6.07) is 0. The Bertz CT molecular complexity index is 585. The summed E-state index contributed by atoms with van der Waals surface area (Å²) >= 11 is 9.19. The molecule has 2 N–H and O–H groups in total. The number of halogens is 2. The molecule has 0 saturated carbocycles. The topological polar surface area (TPSA) is 83.6 Å². The predicted molar refractivity (Wildman–Crippen MR) is 70.7 cm³/mol. The molecule has 0 aliphatic rings. The van der Waals surface area contributed by atoms with Gasteiger partial charge in [-0.2, -0.15) is 5.10 Å². The Balaban J connectivity index is 2.22. The number of aryl methyl sites for hydroxylation is 1. The SMILES string of the molecule is CCc1[nH]nc(NC(=O)c2ncncc2Cl)c1Br. The molecule has 0 bridgehead atoms. The first-order valence-corrected chi connectivity index (χ1v) is 6.30. The fourth-order valence-electron chi connectivity index (χ4n) is 1.33. The molecule has 0 aliphatic heterocycles. The zero-order valence-electron chi connectivity index (χ0n) is 9.37. The lowest BCUT2D eigenvalue weighted by Gasteiger charge is -2.03. The first-order valence-electron chi connectivity index (χ1n) is 5.13. The van der Waals surface area contributed by atoms with Crippen LogP contribution in [0.25, 0.3) is 0 Å². The van der Waals surface area contributed by atoms with Crippen LogP contribution in [0, 0.1) is 0 Å². The lowest BCUT2D eigenvalue weighted by atomic mass is 10.3. The lowest BCUT2D eigenvalue weighted by molar-refractivity contribution is 0.102. The molecule has 1 amide bonds. The van der Waals surface area contributed by atoms with E-state index >= 15 is 0 Å². The van der Waals surface area contributed by atoms with E-state index in [0.717, 1.165) is 16.6 Å². The van der Waals surface area contributed by atoms with Gasteiger partial charge in [0.2, 0.25) is 0 Å². The van der Waals surface area contributed by atoms with Gasteiger partial charge in [0.15, 0.2) is 11.5 Å². The van der Waals surface area contributed by atoms with Crippen LogP contribution in [-0.4, -0.2) is 26.1 Å². The number of amides is 1. The van der Waals surface area contributed by atoms with Crippen LogP contribution in [0.15, 0.2) is 17.0 Å². The van der Waals surface area contributed by atoms with Crippen LogP contribution < -0.4 is 5.32 Å². The second-order valence-electron chi connectivity index (χ2n) is 3.39. The fourth-order valence-corrected chi connectivity index (χ4v) is 2.08. The number of anilines is 1. The Labute approximate surface area is 116 Å². The standard InChI is InChI=1S/C10H9BrClN5O/c1-2-6-7(11)9(17-16-6)15-10(18)8-5(12)3-13-4-14-8/h3-4H,2H2,1H3,(H2,15,16,17,18). The van der Waals surface area contributed by atoms with Crippen molar-refractivity contribution in [2.24, 2.45) is 0 Å². The third-order valence-electron chi connectivity index (χ3n) is 2.24. The molecule has 0 atom stereocenters. The number of hydrogen-bond acceptors (Lipinski definition) is 4. The van der Waals surface area contributed by atoms with E-state index in [-0.39, 0.29) is 10.7 Å². The van der Waals surface area contributed by atoms with Gasteiger partial charge in [-0.1, -0.05) is 18.5 Å². The van der Waals surface area contributed by atoms with Gasteiger partial charge in [0.05, 0.1) is 15.2 Å². The van der Waals surface area contributed by atoms with Crippen molar-refractivity contribution in [1.29, 1.82) is 0 Å². The first-order chi connectivity index (χ1) is 8.63. The Morgan fingerprint density at radius 1 is 1.61 bits per heavy atom. The van der Waals surface area contributed by atoms with Gasteiger partial charge in [0.1, 0.15) is 6.33 Å². The third kappa shape index (κ3) is 2.51. The number of carbonyl (C=O) groups is 1. The van der Waals surface area contributed by atoms with Gasteiger partial charge >= 0.3 is 0 Å². The average Bonchev–Trinajstić information content (AvgIpc) is 2.71. The summed E-state index contributed by atoms with van der Waals surface area (Å²) in [5, 5.41) is 9.62. The van der Waals surface area contributed by atoms with E-state index in [4.69, 9.17) is 11.6 Å². The summed E-state index contributed by atoms with van der Waals surface area (Å²) in [6.45, 7) is 1.98. The minimum Gasteiger partial charge on any atom is -0.303 e. The van der Waals surface area contributed by atoms with Gasteiger partial charge in [-0.3, -0.25) is 9.89 Å². The molecule has 0 saturated heterocycles. The van der Waals surface area contributed by atoms with E-state index in [2.05, 4.69) is 41.4 Å². The Morgan fingerprint density at radius 3 is 3.00 bits per heavy atom. The summed E-state index contributed by atoms with van der Waals surface area (Å²) < 4.78 is 0.725. The molecule has 2 aromatic rings. The summed E-state index contributed by atoms with van der Waals surface area (Å²) in [6.07, 6.45) is 3.40. The number of hydrogen-bond donors (Lipinski definition) is 2. The number of aromatic amines is 1. The van der Waals surface area contributed by atoms with Gasteiger partial charge in [0.25, 0.3) is 5.91 Å². The molecule has 0 spiro atoms. The first kappa shape index (κ1) is 13.0. The molecule has 2 heterocycles. The van der Waals surface area contributed by atoms with Gasteiger partial charge in [-0.25, -0.2) is 9.97 Å². The van der Waals surface area contributed by atoms with Crippen LogP contribution in [0.2, 0.25) is 5.02 Å². The van der Waals surface area contributed by atoms with Crippen molar-refractivity contribution in [3.8, 4) is 0 Å². The Hall–Kier alpha value is -1.47. The van der Waals surface area contributed by atoms with E-state index in [1.165, 1.54) is 12.5 Å². The highest BCUT2D eigenvalue weighted by atomic mass is 79.9. The number of H-pyrrole nitrogens is 1. The van der Waals surface area contributed by atoms with Crippen molar-refractivity contribution in [3.63, 3.8) is 0 Å². The molecule has 0 aromatic carbocycles. The Morgan fingerprint density at radius 2 is 2.39 bits per heavy atom. The van der Waals surface area contributed by atoms with Crippen LogP contribution >= 0.6 is 27.5 Å². The molecule has 2 rings (SSSR count). The van der Waals surface area contributed by atoms with Gasteiger partial charge in [-0.05, 0) is 22.4 Å². The Kier molecular flexibility index (Phi) is 3.93. The van der Waals surface area contributed by atoms with E-state index in [9.17, 15) is 4.79 Å². The largest absolute Gasteiger partial charge is 0.303 e. The van der Waals surface area contributed by atoms with Crippen molar-refractivity contribution in [2.45, 2.75) is 13.3 Å². The number of aromatic nitrogens is 4.